The topological polar surface area (TPSA) is 26.3 Å². The zero-order valence-corrected chi connectivity index (χ0v) is 8.91. The average molecular weight is 192 g/mol. The summed E-state index contributed by atoms with van der Waals surface area (Å²) in [4.78, 5) is 10.5. The minimum atomic E-state index is 0.0478. The lowest BCUT2D eigenvalue weighted by molar-refractivity contribution is -0.110. The molecule has 0 aromatic heterocycles. The summed E-state index contributed by atoms with van der Waals surface area (Å²) in [6.07, 6.45) is 1.71. The summed E-state index contributed by atoms with van der Waals surface area (Å²) < 4.78 is 5.26. The van der Waals surface area contributed by atoms with E-state index >= 15 is 0 Å². The van der Waals surface area contributed by atoms with E-state index in [-0.39, 0.29) is 5.92 Å². The third-order valence-electron chi connectivity index (χ3n) is 2.22. The summed E-state index contributed by atoms with van der Waals surface area (Å²) in [5, 5.41) is 0. The van der Waals surface area contributed by atoms with Gasteiger partial charge in [-0.25, -0.2) is 0 Å². The molecule has 2 heteroatoms. The Morgan fingerprint density at radius 3 is 2.79 bits per heavy atom. The SMILES string of the molecule is COc1cc(C)ccc1CC(C)C=O. The molecule has 76 valence electrons. The Balaban J connectivity index is 2.90. The molecule has 0 bridgehead atoms. The molecule has 0 spiro atoms. The maximum atomic E-state index is 10.5. The molecule has 0 heterocycles. The summed E-state index contributed by atoms with van der Waals surface area (Å²) in [6, 6.07) is 6.05. The quantitative estimate of drug-likeness (QED) is 0.685. The van der Waals surface area contributed by atoms with Crippen LogP contribution in [-0.4, -0.2) is 13.4 Å². The number of hydrogen-bond acceptors (Lipinski definition) is 2. The van der Waals surface area contributed by atoms with Crippen molar-refractivity contribution < 1.29 is 9.53 Å². The van der Waals surface area contributed by atoms with Crippen LogP contribution in [0.5, 0.6) is 5.75 Å². The fourth-order valence-corrected chi connectivity index (χ4v) is 1.42. The Labute approximate surface area is 84.9 Å². The van der Waals surface area contributed by atoms with Gasteiger partial charge in [-0.3, -0.25) is 0 Å². The third kappa shape index (κ3) is 2.59. The Hall–Kier alpha value is -1.31. The van der Waals surface area contributed by atoms with Gasteiger partial charge in [0.05, 0.1) is 7.11 Å². The van der Waals surface area contributed by atoms with Gasteiger partial charge in [-0.1, -0.05) is 19.1 Å². The first kappa shape index (κ1) is 10.8. The fraction of sp³-hybridized carbons (Fsp3) is 0.417. The second-order valence-electron chi connectivity index (χ2n) is 3.63. The number of aryl methyl sites for hydroxylation is 1. The van der Waals surface area contributed by atoms with Crippen molar-refractivity contribution >= 4 is 6.29 Å². The third-order valence-corrected chi connectivity index (χ3v) is 2.22. The highest BCUT2D eigenvalue weighted by Gasteiger charge is 2.07. The molecule has 0 aliphatic carbocycles. The lowest BCUT2D eigenvalue weighted by Crippen LogP contribution is -2.02. The minimum Gasteiger partial charge on any atom is -0.496 e. The summed E-state index contributed by atoms with van der Waals surface area (Å²) in [5.74, 6) is 0.922. The number of aldehydes is 1. The number of ether oxygens (including phenoxy) is 1. The summed E-state index contributed by atoms with van der Waals surface area (Å²) >= 11 is 0. The second-order valence-corrected chi connectivity index (χ2v) is 3.63. The molecule has 1 aromatic rings. The van der Waals surface area contributed by atoms with Crippen LogP contribution in [0.15, 0.2) is 18.2 Å². The zero-order valence-electron chi connectivity index (χ0n) is 8.91. The molecule has 0 aliphatic rings. The number of benzene rings is 1. The molecule has 14 heavy (non-hydrogen) atoms. The van der Waals surface area contributed by atoms with E-state index in [0.717, 1.165) is 24.0 Å². The van der Waals surface area contributed by atoms with Gasteiger partial charge in [0.1, 0.15) is 12.0 Å². The van der Waals surface area contributed by atoms with Crippen molar-refractivity contribution in [2.45, 2.75) is 20.3 Å². The predicted molar refractivity (Wildman–Crippen MR) is 56.7 cm³/mol. The Kier molecular flexibility index (Phi) is 3.69. The van der Waals surface area contributed by atoms with Crippen LogP contribution >= 0.6 is 0 Å². The first-order valence-electron chi connectivity index (χ1n) is 4.76. The molecular weight excluding hydrogens is 176 g/mol. The summed E-state index contributed by atoms with van der Waals surface area (Å²) in [5.41, 5.74) is 2.27. The van der Waals surface area contributed by atoms with E-state index in [2.05, 4.69) is 0 Å². The highest BCUT2D eigenvalue weighted by atomic mass is 16.5. The van der Waals surface area contributed by atoms with E-state index in [1.165, 1.54) is 5.56 Å². The van der Waals surface area contributed by atoms with Crippen LogP contribution in [0.25, 0.3) is 0 Å². The van der Waals surface area contributed by atoms with Gasteiger partial charge in [-0.2, -0.15) is 0 Å². The van der Waals surface area contributed by atoms with Crippen LogP contribution in [0.2, 0.25) is 0 Å². The average Bonchev–Trinajstić information content (AvgIpc) is 2.20. The number of carbonyl (C=O) groups is 1. The number of rotatable bonds is 4. The van der Waals surface area contributed by atoms with E-state index in [9.17, 15) is 4.79 Å². The Morgan fingerprint density at radius 2 is 2.21 bits per heavy atom. The first-order chi connectivity index (χ1) is 6.67. The largest absolute Gasteiger partial charge is 0.496 e. The van der Waals surface area contributed by atoms with Crippen molar-refractivity contribution in [3.8, 4) is 5.75 Å². The lowest BCUT2D eigenvalue weighted by Gasteiger charge is -2.10. The van der Waals surface area contributed by atoms with Crippen LogP contribution in [0.4, 0.5) is 0 Å². The van der Waals surface area contributed by atoms with Crippen LogP contribution in [-0.2, 0) is 11.2 Å². The molecule has 1 unspecified atom stereocenters. The van der Waals surface area contributed by atoms with E-state index in [1.54, 1.807) is 7.11 Å². The molecule has 1 aromatic carbocycles. The molecule has 0 saturated carbocycles. The molecule has 0 saturated heterocycles. The summed E-state index contributed by atoms with van der Waals surface area (Å²) in [7, 11) is 1.66. The van der Waals surface area contributed by atoms with Crippen LogP contribution in [0.3, 0.4) is 0 Å². The number of hydrogen-bond donors (Lipinski definition) is 0. The molecular formula is C12H16O2. The van der Waals surface area contributed by atoms with Gasteiger partial charge in [0.25, 0.3) is 0 Å². The monoisotopic (exact) mass is 192 g/mol. The van der Waals surface area contributed by atoms with Crippen molar-refractivity contribution in [2.24, 2.45) is 5.92 Å². The Morgan fingerprint density at radius 1 is 1.50 bits per heavy atom. The van der Waals surface area contributed by atoms with Crippen LogP contribution in [0, 0.1) is 12.8 Å². The normalized spacial score (nSPS) is 12.2. The van der Waals surface area contributed by atoms with Crippen LogP contribution in [0.1, 0.15) is 18.1 Å². The van der Waals surface area contributed by atoms with E-state index in [0.29, 0.717) is 0 Å². The molecule has 0 amide bonds. The molecule has 2 nitrogen and oxygen atoms in total. The molecule has 0 radical (unpaired) electrons. The van der Waals surface area contributed by atoms with Crippen molar-refractivity contribution in [3.05, 3.63) is 29.3 Å². The van der Waals surface area contributed by atoms with Gasteiger partial charge < -0.3 is 9.53 Å². The van der Waals surface area contributed by atoms with E-state index in [1.807, 2.05) is 32.0 Å². The number of carbonyl (C=O) groups excluding carboxylic acids is 1. The van der Waals surface area contributed by atoms with Gasteiger partial charge in [0.2, 0.25) is 0 Å². The zero-order chi connectivity index (χ0) is 10.6. The maximum absolute atomic E-state index is 10.5. The van der Waals surface area contributed by atoms with Crippen molar-refractivity contribution in [2.75, 3.05) is 7.11 Å². The molecule has 1 rings (SSSR count). The van der Waals surface area contributed by atoms with Crippen molar-refractivity contribution in [1.82, 2.24) is 0 Å². The van der Waals surface area contributed by atoms with Gasteiger partial charge in [-0.15, -0.1) is 0 Å². The smallest absolute Gasteiger partial charge is 0.123 e. The van der Waals surface area contributed by atoms with Crippen molar-refractivity contribution in [3.63, 3.8) is 0 Å². The van der Waals surface area contributed by atoms with Crippen molar-refractivity contribution in [1.29, 1.82) is 0 Å². The first-order valence-corrected chi connectivity index (χ1v) is 4.76. The molecule has 0 N–H and O–H groups in total. The van der Waals surface area contributed by atoms with Gasteiger partial charge in [0.15, 0.2) is 0 Å². The maximum Gasteiger partial charge on any atom is 0.123 e. The van der Waals surface area contributed by atoms with E-state index < -0.39 is 0 Å². The fourth-order valence-electron chi connectivity index (χ4n) is 1.42. The second kappa shape index (κ2) is 4.80. The predicted octanol–water partition coefficient (Wildman–Crippen LogP) is 2.38. The summed E-state index contributed by atoms with van der Waals surface area (Å²) in [6.45, 7) is 3.93. The van der Waals surface area contributed by atoms with Crippen LogP contribution < -0.4 is 4.74 Å². The highest BCUT2D eigenvalue weighted by molar-refractivity contribution is 5.54. The van der Waals surface area contributed by atoms with Gasteiger partial charge in [-0.05, 0) is 30.5 Å². The van der Waals surface area contributed by atoms with E-state index in [4.69, 9.17) is 4.74 Å². The molecule has 1 atom stereocenters. The highest BCUT2D eigenvalue weighted by Crippen LogP contribution is 2.22. The Bertz CT molecular complexity index is 318. The standard InChI is InChI=1S/C12H16O2/c1-9-4-5-11(6-10(2)8-13)12(7-9)14-3/h4-5,7-8,10H,6H2,1-3H3. The minimum absolute atomic E-state index is 0.0478. The van der Waals surface area contributed by atoms with Gasteiger partial charge >= 0.3 is 0 Å². The molecule has 0 aliphatic heterocycles. The number of methoxy groups -OCH3 is 1. The molecule has 0 fully saturated rings. The lowest BCUT2D eigenvalue weighted by atomic mass is 10.0. The van der Waals surface area contributed by atoms with Gasteiger partial charge in [0, 0.05) is 5.92 Å².